The van der Waals surface area contributed by atoms with Crippen molar-refractivity contribution in [3.05, 3.63) is 70.0 Å². The van der Waals surface area contributed by atoms with Crippen LogP contribution in [0.1, 0.15) is 13.0 Å². The first-order chi connectivity index (χ1) is 15.0. The Morgan fingerprint density at radius 2 is 1.97 bits per heavy atom. The second kappa shape index (κ2) is 7.29. The topological polar surface area (TPSA) is 98.5 Å². The summed E-state index contributed by atoms with van der Waals surface area (Å²) in [6.45, 7) is 1.49. The highest BCUT2D eigenvalue weighted by molar-refractivity contribution is 6.31. The number of benzene rings is 2. The van der Waals surface area contributed by atoms with Crippen molar-refractivity contribution < 1.29 is 14.0 Å². The Balaban J connectivity index is 1.76. The van der Waals surface area contributed by atoms with E-state index >= 15 is 0 Å². The molecule has 0 radical (unpaired) electrons. The molecule has 0 aliphatic rings. The SMILES string of the molecule is CC(CO)n1c(=O)c2c(-c3noc(-c4ccc(F)cc4)n3)ncn2c2ccc(Cl)cc21. The average Bonchev–Trinajstić information content (AvgIpc) is 3.41. The molecule has 0 spiro atoms. The van der Waals surface area contributed by atoms with Gasteiger partial charge in [-0.2, -0.15) is 4.98 Å². The van der Waals surface area contributed by atoms with Gasteiger partial charge >= 0.3 is 0 Å². The van der Waals surface area contributed by atoms with E-state index < -0.39 is 6.04 Å². The molecule has 1 N–H and O–H groups in total. The van der Waals surface area contributed by atoms with Crippen molar-refractivity contribution in [3.8, 4) is 23.0 Å². The van der Waals surface area contributed by atoms with Crippen molar-refractivity contribution in [1.82, 2.24) is 24.1 Å². The molecule has 2 aromatic carbocycles. The second-order valence-corrected chi connectivity index (χ2v) is 7.52. The van der Waals surface area contributed by atoms with Gasteiger partial charge in [-0.25, -0.2) is 9.37 Å². The van der Waals surface area contributed by atoms with E-state index in [9.17, 15) is 14.3 Å². The van der Waals surface area contributed by atoms with Crippen LogP contribution in [0.5, 0.6) is 0 Å². The van der Waals surface area contributed by atoms with E-state index in [0.29, 0.717) is 21.6 Å². The normalized spacial score (nSPS) is 12.6. The molecule has 0 bridgehead atoms. The monoisotopic (exact) mass is 439 g/mol. The van der Waals surface area contributed by atoms with Crippen LogP contribution in [0.3, 0.4) is 0 Å². The van der Waals surface area contributed by atoms with Crippen molar-refractivity contribution >= 4 is 28.2 Å². The maximum absolute atomic E-state index is 13.4. The molecule has 3 aromatic heterocycles. The Morgan fingerprint density at radius 3 is 2.71 bits per heavy atom. The van der Waals surface area contributed by atoms with Crippen LogP contribution in [0.25, 0.3) is 39.5 Å². The lowest BCUT2D eigenvalue weighted by atomic mass is 10.2. The Morgan fingerprint density at radius 1 is 1.19 bits per heavy atom. The van der Waals surface area contributed by atoms with Gasteiger partial charge in [-0.1, -0.05) is 16.8 Å². The van der Waals surface area contributed by atoms with Gasteiger partial charge in [-0.3, -0.25) is 13.8 Å². The number of aliphatic hydroxyl groups excluding tert-OH is 1. The van der Waals surface area contributed by atoms with Crippen LogP contribution in [0.4, 0.5) is 4.39 Å². The summed E-state index contributed by atoms with van der Waals surface area (Å²) in [5.74, 6) is -0.0858. The molecular weight excluding hydrogens is 425 g/mol. The van der Waals surface area contributed by atoms with Gasteiger partial charge in [0.15, 0.2) is 0 Å². The summed E-state index contributed by atoms with van der Waals surface area (Å²) in [5.41, 5.74) is 1.88. The molecule has 0 amide bonds. The molecule has 0 fully saturated rings. The van der Waals surface area contributed by atoms with Gasteiger partial charge in [-0.15, -0.1) is 0 Å². The molecule has 5 aromatic rings. The summed E-state index contributed by atoms with van der Waals surface area (Å²) in [6.07, 6.45) is 1.50. The second-order valence-electron chi connectivity index (χ2n) is 7.08. The quantitative estimate of drug-likeness (QED) is 0.458. The van der Waals surface area contributed by atoms with Crippen molar-refractivity contribution in [3.63, 3.8) is 0 Å². The van der Waals surface area contributed by atoms with Crippen molar-refractivity contribution in [2.24, 2.45) is 0 Å². The average molecular weight is 440 g/mol. The number of nitrogens with zero attached hydrogens (tertiary/aromatic N) is 5. The minimum atomic E-state index is -0.499. The van der Waals surface area contributed by atoms with Gasteiger partial charge < -0.3 is 9.63 Å². The molecule has 0 aliphatic carbocycles. The van der Waals surface area contributed by atoms with Crippen LogP contribution in [-0.2, 0) is 0 Å². The van der Waals surface area contributed by atoms with Gasteiger partial charge in [0.2, 0.25) is 5.82 Å². The summed E-state index contributed by atoms with van der Waals surface area (Å²) in [4.78, 5) is 22.1. The van der Waals surface area contributed by atoms with Gasteiger partial charge in [0, 0.05) is 10.6 Å². The molecule has 10 heteroatoms. The molecule has 156 valence electrons. The molecule has 0 saturated heterocycles. The van der Waals surface area contributed by atoms with E-state index in [1.54, 1.807) is 29.5 Å². The zero-order valence-electron chi connectivity index (χ0n) is 16.2. The van der Waals surface area contributed by atoms with E-state index in [1.165, 1.54) is 35.2 Å². The number of imidazole rings is 1. The first-order valence-corrected chi connectivity index (χ1v) is 9.77. The highest BCUT2D eigenvalue weighted by atomic mass is 35.5. The lowest BCUT2D eigenvalue weighted by Gasteiger charge is -2.17. The third kappa shape index (κ3) is 3.09. The summed E-state index contributed by atoms with van der Waals surface area (Å²) in [6, 6.07) is 10.3. The first-order valence-electron chi connectivity index (χ1n) is 9.39. The fraction of sp³-hybridized carbons (Fsp3) is 0.143. The predicted molar refractivity (Wildman–Crippen MR) is 112 cm³/mol. The number of rotatable bonds is 4. The maximum atomic E-state index is 13.4. The molecule has 0 saturated carbocycles. The van der Waals surface area contributed by atoms with Crippen molar-refractivity contribution in [2.75, 3.05) is 6.61 Å². The Bertz CT molecular complexity index is 1490. The lowest BCUT2D eigenvalue weighted by Crippen LogP contribution is -2.27. The minimum absolute atomic E-state index is 0.121. The number of aromatic nitrogens is 5. The Hall–Kier alpha value is -3.56. The van der Waals surface area contributed by atoms with E-state index in [2.05, 4.69) is 15.1 Å². The summed E-state index contributed by atoms with van der Waals surface area (Å²) in [5, 5.41) is 14.1. The van der Waals surface area contributed by atoms with Crippen LogP contribution in [0.15, 0.2) is 58.1 Å². The number of halogens is 2. The number of hydrogen-bond acceptors (Lipinski definition) is 6. The summed E-state index contributed by atoms with van der Waals surface area (Å²) >= 11 is 6.16. The minimum Gasteiger partial charge on any atom is -0.394 e. The highest BCUT2D eigenvalue weighted by Gasteiger charge is 2.22. The van der Waals surface area contributed by atoms with Crippen LogP contribution >= 0.6 is 11.6 Å². The zero-order chi connectivity index (χ0) is 21.7. The van der Waals surface area contributed by atoms with Crippen LogP contribution < -0.4 is 5.56 Å². The third-order valence-corrected chi connectivity index (χ3v) is 5.31. The Labute approximate surface area is 179 Å². The van der Waals surface area contributed by atoms with Gasteiger partial charge in [-0.05, 0) is 49.4 Å². The standard InChI is InChI=1S/C21H15ClFN5O3/c1-11(9-29)28-16-8-13(22)4-7-15(16)27-10-24-17(18(27)21(28)30)19-25-20(31-26-19)12-2-5-14(23)6-3-12/h2-8,10-11,29H,9H2,1H3. The number of fused-ring (bicyclic) bond motifs is 3. The van der Waals surface area contributed by atoms with Crippen molar-refractivity contribution in [1.29, 1.82) is 0 Å². The molecule has 31 heavy (non-hydrogen) atoms. The van der Waals surface area contributed by atoms with Gasteiger partial charge in [0.25, 0.3) is 11.4 Å². The maximum Gasteiger partial charge on any atom is 0.278 e. The molecule has 0 aliphatic heterocycles. The summed E-state index contributed by atoms with van der Waals surface area (Å²) < 4.78 is 21.6. The first kappa shape index (κ1) is 19.4. The number of hydrogen-bond donors (Lipinski definition) is 1. The molecule has 1 atom stereocenters. The highest BCUT2D eigenvalue weighted by Crippen LogP contribution is 2.27. The molecule has 5 rings (SSSR count). The Kier molecular flexibility index (Phi) is 4.57. The molecule has 1 unspecified atom stereocenters. The van der Waals surface area contributed by atoms with Gasteiger partial charge in [0.05, 0.1) is 23.7 Å². The predicted octanol–water partition coefficient (Wildman–Crippen LogP) is 3.71. The lowest BCUT2D eigenvalue weighted by molar-refractivity contribution is 0.239. The molecular formula is C21H15ClFN5O3. The zero-order valence-corrected chi connectivity index (χ0v) is 16.9. The molecule has 3 heterocycles. The van der Waals surface area contributed by atoms with Crippen LogP contribution in [0.2, 0.25) is 5.02 Å². The summed E-state index contributed by atoms with van der Waals surface area (Å²) in [7, 11) is 0. The van der Waals surface area contributed by atoms with Crippen LogP contribution in [0, 0.1) is 5.82 Å². The smallest absolute Gasteiger partial charge is 0.278 e. The van der Waals surface area contributed by atoms with Crippen LogP contribution in [-0.4, -0.2) is 35.8 Å². The molecule has 8 nitrogen and oxygen atoms in total. The van der Waals surface area contributed by atoms with E-state index in [4.69, 9.17) is 16.1 Å². The third-order valence-electron chi connectivity index (χ3n) is 5.08. The van der Waals surface area contributed by atoms with Gasteiger partial charge in [0.1, 0.15) is 23.4 Å². The van der Waals surface area contributed by atoms with E-state index in [-0.39, 0.29) is 40.9 Å². The van der Waals surface area contributed by atoms with E-state index in [0.717, 1.165) is 0 Å². The van der Waals surface area contributed by atoms with Crippen molar-refractivity contribution in [2.45, 2.75) is 13.0 Å². The van der Waals surface area contributed by atoms with E-state index in [1.807, 2.05) is 0 Å². The number of aliphatic hydroxyl groups is 1. The fourth-order valence-electron chi connectivity index (χ4n) is 3.56. The largest absolute Gasteiger partial charge is 0.394 e. The fourth-order valence-corrected chi connectivity index (χ4v) is 3.73.